The molecule has 1 aliphatic carbocycles. The largest absolute Gasteiger partial charge is 0.872 e. The van der Waals surface area contributed by atoms with E-state index in [1.165, 1.54) is 0 Å². The Morgan fingerprint density at radius 2 is 2.09 bits per heavy atom. The Morgan fingerprint density at radius 3 is 2.45 bits per heavy atom. The molecule has 0 aromatic rings. The third kappa shape index (κ3) is 2.29. The highest BCUT2D eigenvalue weighted by Gasteiger charge is 2.27. The van der Waals surface area contributed by atoms with Crippen LogP contribution in [0, 0.1) is 5.92 Å². The van der Waals surface area contributed by atoms with Gasteiger partial charge in [-0.05, 0) is 18.9 Å². The van der Waals surface area contributed by atoms with Gasteiger partial charge in [0.1, 0.15) is 0 Å². The van der Waals surface area contributed by atoms with Crippen LogP contribution >= 0.6 is 0 Å². The van der Waals surface area contributed by atoms with Crippen LogP contribution in [0.25, 0.3) is 0 Å². The highest BCUT2D eigenvalue weighted by Crippen LogP contribution is 2.30. The first kappa shape index (κ1) is 8.17. The summed E-state index contributed by atoms with van der Waals surface area (Å²) in [6.45, 7) is 0. The van der Waals surface area contributed by atoms with E-state index in [1.54, 1.807) is 0 Å². The van der Waals surface area contributed by atoms with Crippen molar-refractivity contribution in [3.8, 4) is 0 Å². The number of hydrogen-bond acceptors (Lipinski definition) is 2. The average Bonchev–Trinajstić information content (AvgIpc) is 2.67. The van der Waals surface area contributed by atoms with E-state index in [9.17, 15) is 18.7 Å². The fourth-order valence-corrected chi connectivity index (χ4v) is 0.689. The zero-order valence-corrected chi connectivity index (χ0v) is 5.72. The number of alkyl halides is 2. The predicted molar refractivity (Wildman–Crippen MR) is 31.8 cm³/mol. The monoisotopic (exact) mass is 161 g/mol. The van der Waals surface area contributed by atoms with Gasteiger partial charge >= 0.3 is 0 Å². The normalized spacial score (nSPS) is 19.0. The standard InChI is InChI=1S/C7H8F2O2/c8-7(9)6(11)3-5(10)4-1-2-4/h3-4,7,11H,1-2H2/p-1/b6-3-. The molecule has 0 heterocycles. The molecule has 0 unspecified atom stereocenters. The molecule has 1 fully saturated rings. The summed E-state index contributed by atoms with van der Waals surface area (Å²) in [5.41, 5.74) is 0. The number of allylic oxidation sites excluding steroid dienone is 2. The summed E-state index contributed by atoms with van der Waals surface area (Å²) >= 11 is 0. The van der Waals surface area contributed by atoms with E-state index in [4.69, 9.17) is 0 Å². The van der Waals surface area contributed by atoms with Gasteiger partial charge in [-0.25, -0.2) is 8.78 Å². The van der Waals surface area contributed by atoms with E-state index in [0.29, 0.717) is 6.08 Å². The maximum atomic E-state index is 11.5. The molecule has 0 bridgehead atoms. The summed E-state index contributed by atoms with van der Waals surface area (Å²) in [6.07, 6.45) is -1.07. The molecule has 1 aliphatic rings. The maximum absolute atomic E-state index is 11.5. The molecular formula is C7H7F2O2-. The zero-order chi connectivity index (χ0) is 8.43. The molecule has 0 saturated heterocycles. The number of carbonyl (C=O) groups is 1. The Morgan fingerprint density at radius 1 is 1.55 bits per heavy atom. The van der Waals surface area contributed by atoms with Gasteiger partial charge < -0.3 is 5.11 Å². The van der Waals surface area contributed by atoms with E-state index < -0.39 is 18.0 Å². The topological polar surface area (TPSA) is 40.1 Å². The van der Waals surface area contributed by atoms with Gasteiger partial charge in [0.2, 0.25) is 6.43 Å². The summed E-state index contributed by atoms with van der Waals surface area (Å²) in [4.78, 5) is 10.7. The Kier molecular flexibility index (Phi) is 2.22. The van der Waals surface area contributed by atoms with Crippen molar-refractivity contribution < 1.29 is 18.7 Å². The average molecular weight is 161 g/mol. The fraction of sp³-hybridized carbons (Fsp3) is 0.571. The first-order valence-electron chi connectivity index (χ1n) is 3.32. The lowest BCUT2D eigenvalue weighted by molar-refractivity contribution is -0.323. The van der Waals surface area contributed by atoms with Crippen molar-refractivity contribution in [1.29, 1.82) is 0 Å². The molecule has 2 nitrogen and oxygen atoms in total. The minimum absolute atomic E-state index is 0.155. The van der Waals surface area contributed by atoms with E-state index >= 15 is 0 Å². The van der Waals surface area contributed by atoms with E-state index in [1.807, 2.05) is 0 Å². The van der Waals surface area contributed by atoms with E-state index in [0.717, 1.165) is 12.8 Å². The van der Waals surface area contributed by atoms with Gasteiger partial charge in [0.05, 0.1) is 0 Å². The van der Waals surface area contributed by atoms with Gasteiger partial charge in [0.15, 0.2) is 5.78 Å². The second kappa shape index (κ2) is 2.98. The lowest BCUT2D eigenvalue weighted by atomic mass is 10.2. The van der Waals surface area contributed by atoms with Crippen LogP contribution in [0.2, 0.25) is 0 Å². The summed E-state index contributed by atoms with van der Waals surface area (Å²) in [6, 6.07) is 0. The summed E-state index contributed by atoms with van der Waals surface area (Å²) < 4.78 is 23.1. The van der Waals surface area contributed by atoms with Crippen molar-refractivity contribution in [3.05, 3.63) is 11.8 Å². The molecule has 0 aliphatic heterocycles. The molecule has 62 valence electrons. The zero-order valence-electron chi connectivity index (χ0n) is 5.72. The van der Waals surface area contributed by atoms with Gasteiger partial charge in [-0.3, -0.25) is 4.79 Å². The van der Waals surface area contributed by atoms with Gasteiger partial charge in [-0.2, -0.15) is 0 Å². The Hall–Kier alpha value is -0.930. The molecule has 0 N–H and O–H groups in total. The number of halogens is 2. The smallest absolute Gasteiger partial charge is 0.250 e. The van der Waals surface area contributed by atoms with E-state index in [2.05, 4.69) is 0 Å². The van der Waals surface area contributed by atoms with Gasteiger partial charge in [0.25, 0.3) is 0 Å². The molecule has 1 rings (SSSR count). The number of rotatable bonds is 3. The first-order chi connectivity index (χ1) is 5.11. The van der Waals surface area contributed by atoms with Gasteiger partial charge in [-0.15, -0.1) is 0 Å². The lowest BCUT2D eigenvalue weighted by Gasteiger charge is -2.08. The molecule has 0 amide bonds. The van der Waals surface area contributed by atoms with Crippen LogP contribution in [0.3, 0.4) is 0 Å². The number of hydrogen-bond donors (Lipinski definition) is 0. The minimum atomic E-state index is -3.04. The molecule has 0 aromatic carbocycles. The van der Waals surface area contributed by atoms with Crippen molar-refractivity contribution in [2.45, 2.75) is 19.3 Å². The van der Waals surface area contributed by atoms with Crippen LogP contribution in [0.1, 0.15) is 12.8 Å². The molecule has 0 spiro atoms. The van der Waals surface area contributed by atoms with Crippen LogP contribution in [-0.4, -0.2) is 12.2 Å². The van der Waals surface area contributed by atoms with Crippen LogP contribution in [0.4, 0.5) is 8.78 Å². The third-order valence-corrected chi connectivity index (χ3v) is 1.48. The lowest BCUT2D eigenvalue weighted by Crippen LogP contribution is -2.14. The molecule has 11 heavy (non-hydrogen) atoms. The first-order valence-corrected chi connectivity index (χ1v) is 3.32. The number of ketones is 1. The van der Waals surface area contributed by atoms with Crippen molar-refractivity contribution >= 4 is 5.78 Å². The third-order valence-electron chi connectivity index (χ3n) is 1.48. The number of carbonyl (C=O) groups excluding carboxylic acids is 1. The Balaban J connectivity index is 2.48. The molecule has 4 heteroatoms. The molecule has 1 saturated carbocycles. The fourth-order valence-electron chi connectivity index (χ4n) is 0.689. The highest BCUT2D eigenvalue weighted by molar-refractivity contribution is 5.93. The summed E-state index contributed by atoms with van der Waals surface area (Å²) in [7, 11) is 0. The van der Waals surface area contributed by atoms with Crippen molar-refractivity contribution in [1.82, 2.24) is 0 Å². The SMILES string of the molecule is O=C(/C=C(\[O-])C(F)F)C1CC1. The van der Waals surface area contributed by atoms with Crippen LogP contribution in [-0.2, 0) is 4.79 Å². The molecular weight excluding hydrogens is 154 g/mol. The van der Waals surface area contributed by atoms with Crippen LogP contribution in [0.5, 0.6) is 0 Å². The second-order valence-electron chi connectivity index (χ2n) is 2.52. The molecule has 0 atom stereocenters. The summed E-state index contributed by atoms with van der Waals surface area (Å²) in [5, 5.41) is 10.3. The van der Waals surface area contributed by atoms with Crippen molar-refractivity contribution in [3.63, 3.8) is 0 Å². The minimum Gasteiger partial charge on any atom is -0.872 e. The second-order valence-corrected chi connectivity index (χ2v) is 2.52. The van der Waals surface area contributed by atoms with Gasteiger partial charge in [-0.1, -0.05) is 5.76 Å². The van der Waals surface area contributed by atoms with Crippen molar-refractivity contribution in [2.75, 3.05) is 0 Å². The van der Waals surface area contributed by atoms with E-state index in [-0.39, 0.29) is 5.92 Å². The highest BCUT2D eigenvalue weighted by atomic mass is 19.3. The van der Waals surface area contributed by atoms with Crippen LogP contribution < -0.4 is 5.11 Å². The van der Waals surface area contributed by atoms with Gasteiger partial charge in [0, 0.05) is 5.92 Å². The quantitative estimate of drug-likeness (QED) is 0.446. The Labute approximate surface area is 62.5 Å². The predicted octanol–water partition coefficient (Wildman–Crippen LogP) is 0.475. The maximum Gasteiger partial charge on any atom is 0.250 e. The summed E-state index contributed by atoms with van der Waals surface area (Å²) in [5.74, 6) is -1.98. The molecule has 0 aromatic heterocycles. The Bertz CT molecular complexity index is 195. The van der Waals surface area contributed by atoms with Crippen LogP contribution in [0.15, 0.2) is 11.8 Å². The van der Waals surface area contributed by atoms with Crippen molar-refractivity contribution in [2.24, 2.45) is 5.92 Å². The molecule has 0 radical (unpaired) electrons.